The van der Waals surface area contributed by atoms with Crippen LogP contribution in [0.2, 0.25) is 0 Å². The first-order valence-corrected chi connectivity index (χ1v) is 12.6. The van der Waals surface area contributed by atoms with Crippen molar-refractivity contribution >= 4 is 16.8 Å². The molecule has 0 aliphatic carbocycles. The lowest BCUT2D eigenvalue weighted by molar-refractivity contribution is -0.132. The minimum absolute atomic E-state index is 0.0124. The summed E-state index contributed by atoms with van der Waals surface area (Å²) in [5.41, 5.74) is 7.25. The van der Waals surface area contributed by atoms with Gasteiger partial charge in [0.25, 0.3) is 0 Å². The number of carbonyl (C=O) groups is 1. The fourth-order valence-corrected chi connectivity index (χ4v) is 4.75. The second-order valence-electron chi connectivity index (χ2n) is 9.71. The minimum Gasteiger partial charge on any atom is -0.361 e. The largest absolute Gasteiger partial charge is 0.361 e. The highest BCUT2D eigenvalue weighted by Gasteiger charge is 2.25. The molecular weight excluding hydrogens is 430 g/mol. The highest BCUT2D eigenvalue weighted by molar-refractivity contribution is 5.88. The van der Waals surface area contributed by atoms with E-state index in [1.807, 2.05) is 23.1 Å². The van der Waals surface area contributed by atoms with Crippen molar-refractivity contribution in [2.24, 2.45) is 0 Å². The smallest absolute Gasteiger partial charge is 0.223 e. The Kier molecular flexibility index (Phi) is 8.04. The molecule has 1 heterocycles. The number of carbonyl (C=O) groups excluding carboxylic acids is 1. The van der Waals surface area contributed by atoms with Gasteiger partial charge in [0.1, 0.15) is 0 Å². The first kappa shape index (κ1) is 24.7. The molecule has 0 radical (unpaired) electrons. The van der Waals surface area contributed by atoms with Crippen LogP contribution < -0.4 is 0 Å². The maximum Gasteiger partial charge on any atom is 0.223 e. The van der Waals surface area contributed by atoms with E-state index in [9.17, 15) is 4.79 Å². The Hall–Kier alpha value is -3.37. The quantitative estimate of drug-likeness (QED) is 0.304. The Morgan fingerprint density at radius 1 is 0.914 bits per heavy atom. The molecule has 4 aromatic rings. The Labute approximate surface area is 209 Å². The maximum atomic E-state index is 13.9. The van der Waals surface area contributed by atoms with E-state index in [-0.39, 0.29) is 11.8 Å². The Morgan fingerprint density at radius 3 is 2.34 bits per heavy atom. The average Bonchev–Trinajstić information content (AvgIpc) is 3.30. The molecule has 0 aliphatic rings. The predicted octanol–water partition coefficient (Wildman–Crippen LogP) is 6.15. The zero-order valence-electron chi connectivity index (χ0n) is 21.4. The molecule has 0 saturated heterocycles. The lowest BCUT2D eigenvalue weighted by Gasteiger charge is -2.27. The fraction of sp³-hybridized carbons (Fsp3) is 0.323. The molecule has 3 aromatic carbocycles. The molecule has 4 heteroatoms. The van der Waals surface area contributed by atoms with E-state index in [4.69, 9.17) is 0 Å². The van der Waals surface area contributed by atoms with E-state index in [0.29, 0.717) is 19.5 Å². The van der Waals surface area contributed by atoms with Crippen molar-refractivity contribution in [1.29, 1.82) is 0 Å². The van der Waals surface area contributed by atoms with Crippen molar-refractivity contribution in [2.45, 2.75) is 39.2 Å². The normalized spacial score (nSPS) is 12.3. The minimum atomic E-state index is -0.0124. The number of para-hydroxylation sites is 1. The predicted molar refractivity (Wildman–Crippen MR) is 146 cm³/mol. The number of rotatable bonds is 10. The number of benzene rings is 3. The second-order valence-corrected chi connectivity index (χ2v) is 9.71. The lowest BCUT2D eigenvalue weighted by atomic mass is 9.87. The number of amides is 1. The summed E-state index contributed by atoms with van der Waals surface area (Å²) < 4.78 is 0. The summed E-state index contributed by atoms with van der Waals surface area (Å²) in [6, 6.07) is 25.4. The molecule has 35 heavy (non-hydrogen) atoms. The second kappa shape index (κ2) is 11.4. The molecule has 182 valence electrons. The number of fused-ring (bicyclic) bond motifs is 1. The number of aromatic amines is 1. The Balaban J connectivity index is 1.69. The van der Waals surface area contributed by atoms with Crippen LogP contribution in [0.1, 0.15) is 47.1 Å². The third-order valence-corrected chi connectivity index (χ3v) is 6.83. The molecule has 4 nitrogen and oxygen atoms in total. The van der Waals surface area contributed by atoms with E-state index >= 15 is 0 Å². The molecule has 0 fully saturated rings. The van der Waals surface area contributed by atoms with Crippen LogP contribution in [0.15, 0.2) is 79.0 Å². The van der Waals surface area contributed by atoms with Gasteiger partial charge < -0.3 is 14.8 Å². The van der Waals surface area contributed by atoms with Gasteiger partial charge >= 0.3 is 0 Å². The first-order chi connectivity index (χ1) is 17.0. The number of hydrogen-bond acceptors (Lipinski definition) is 2. The number of likely N-dealkylation sites (N-methyl/N-ethyl adjacent to an activating group) is 1. The third-order valence-electron chi connectivity index (χ3n) is 6.83. The molecule has 1 N–H and O–H groups in total. The van der Waals surface area contributed by atoms with Gasteiger partial charge in [0.05, 0.1) is 0 Å². The van der Waals surface area contributed by atoms with E-state index in [1.54, 1.807) is 0 Å². The third kappa shape index (κ3) is 6.01. The molecular formula is C31H37N3O. The van der Waals surface area contributed by atoms with Crippen molar-refractivity contribution in [2.75, 3.05) is 27.2 Å². The van der Waals surface area contributed by atoms with Gasteiger partial charge in [-0.25, -0.2) is 0 Å². The summed E-state index contributed by atoms with van der Waals surface area (Å²) >= 11 is 0. The van der Waals surface area contributed by atoms with Gasteiger partial charge in [-0.3, -0.25) is 4.79 Å². The van der Waals surface area contributed by atoms with Gasteiger partial charge in [0.2, 0.25) is 5.91 Å². The number of nitrogens with one attached hydrogen (secondary N) is 1. The van der Waals surface area contributed by atoms with Gasteiger partial charge in [-0.1, -0.05) is 85.3 Å². The molecule has 1 aromatic heterocycles. The summed E-state index contributed by atoms with van der Waals surface area (Å²) in [6.45, 7) is 6.45. The molecule has 0 spiro atoms. The van der Waals surface area contributed by atoms with Gasteiger partial charge in [-0.05, 0) is 49.7 Å². The number of aryl methyl sites for hydroxylation is 2. The zero-order valence-corrected chi connectivity index (χ0v) is 21.4. The van der Waals surface area contributed by atoms with Crippen LogP contribution >= 0.6 is 0 Å². The van der Waals surface area contributed by atoms with Crippen LogP contribution in [0.4, 0.5) is 0 Å². The van der Waals surface area contributed by atoms with Crippen LogP contribution in [-0.2, 0) is 17.8 Å². The average molecular weight is 468 g/mol. The van der Waals surface area contributed by atoms with Crippen molar-refractivity contribution in [1.82, 2.24) is 14.8 Å². The number of H-pyrrole nitrogens is 1. The van der Waals surface area contributed by atoms with E-state index in [0.717, 1.165) is 18.5 Å². The van der Waals surface area contributed by atoms with Gasteiger partial charge in [0.15, 0.2) is 0 Å². The molecule has 1 unspecified atom stereocenters. The number of hydrogen-bond donors (Lipinski definition) is 1. The molecule has 0 aliphatic heterocycles. The van der Waals surface area contributed by atoms with E-state index in [2.05, 4.69) is 98.6 Å². The maximum absolute atomic E-state index is 13.9. The van der Waals surface area contributed by atoms with E-state index < -0.39 is 0 Å². The van der Waals surface area contributed by atoms with Gasteiger partial charge in [-0.2, -0.15) is 0 Å². The molecule has 0 saturated carbocycles. The van der Waals surface area contributed by atoms with Crippen LogP contribution in [0.3, 0.4) is 0 Å². The highest BCUT2D eigenvalue weighted by Crippen LogP contribution is 2.35. The number of nitrogens with zero attached hydrogens (tertiary/aromatic N) is 2. The number of aromatic nitrogens is 1. The molecule has 1 amide bonds. The summed E-state index contributed by atoms with van der Waals surface area (Å²) in [7, 11) is 4.11. The molecule has 1 atom stereocenters. The standard InChI is InChI=1S/C31H37N3O/c1-5-25-12-9-13-27-29(21-32-31(25)27)28(26-16-14-23(2)15-17-26)20-30(35)34(19-18-33(3)4)22-24-10-7-6-8-11-24/h6-17,21,28,32H,5,18-20,22H2,1-4H3. The van der Waals surface area contributed by atoms with Crippen LogP contribution in [0.25, 0.3) is 10.9 Å². The van der Waals surface area contributed by atoms with Crippen molar-refractivity contribution in [3.63, 3.8) is 0 Å². The monoisotopic (exact) mass is 467 g/mol. The fourth-order valence-electron chi connectivity index (χ4n) is 4.75. The first-order valence-electron chi connectivity index (χ1n) is 12.6. The van der Waals surface area contributed by atoms with Gasteiger partial charge in [0, 0.05) is 49.1 Å². The highest BCUT2D eigenvalue weighted by atomic mass is 16.2. The molecule has 4 rings (SSSR count). The topological polar surface area (TPSA) is 39.3 Å². The Bertz CT molecular complexity index is 1240. The SMILES string of the molecule is CCc1cccc2c(C(CC(=O)N(CCN(C)C)Cc3ccccc3)c3ccc(C)cc3)c[nH]c12. The zero-order chi connectivity index (χ0) is 24.8. The van der Waals surface area contributed by atoms with Crippen LogP contribution in [-0.4, -0.2) is 47.9 Å². The van der Waals surface area contributed by atoms with Crippen molar-refractivity contribution < 1.29 is 4.79 Å². The van der Waals surface area contributed by atoms with Crippen LogP contribution in [0.5, 0.6) is 0 Å². The molecule has 0 bridgehead atoms. The summed E-state index contributed by atoms with van der Waals surface area (Å²) in [6.07, 6.45) is 3.52. The van der Waals surface area contributed by atoms with Crippen molar-refractivity contribution in [3.05, 3.63) is 107 Å². The Morgan fingerprint density at radius 2 is 1.66 bits per heavy atom. The summed E-state index contributed by atoms with van der Waals surface area (Å²) in [4.78, 5) is 21.5. The summed E-state index contributed by atoms with van der Waals surface area (Å²) in [5.74, 6) is 0.170. The van der Waals surface area contributed by atoms with E-state index in [1.165, 1.54) is 33.2 Å². The van der Waals surface area contributed by atoms with Gasteiger partial charge in [-0.15, -0.1) is 0 Å². The van der Waals surface area contributed by atoms with Crippen LogP contribution in [0, 0.1) is 6.92 Å². The van der Waals surface area contributed by atoms with Crippen molar-refractivity contribution in [3.8, 4) is 0 Å². The lowest BCUT2D eigenvalue weighted by Crippen LogP contribution is -2.37. The summed E-state index contributed by atoms with van der Waals surface area (Å²) in [5, 5.41) is 1.21.